The van der Waals surface area contributed by atoms with E-state index < -0.39 is 0 Å². The van der Waals surface area contributed by atoms with E-state index in [1.165, 1.54) is 4.88 Å². The first-order valence-electron chi connectivity index (χ1n) is 7.16. The van der Waals surface area contributed by atoms with Gasteiger partial charge in [0.2, 0.25) is 0 Å². The van der Waals surface area contributed by atoms with Crippen LogP contribution in [0.1, 0.15) is 56.1 Å². The van der Waals surface area contributed by atoms with Gasteiger partial charge in [-0.05, 0) is 30.6 Å². The van der Waals surface area contributed by atoms with E-state index in [1.54, 1.807) is 11.3 Å². The summed E-state index contributed by atoms with van der Waals surface area (Å²) < 4.78 is 0. The lowest BCUT2D eigenvalue weighted by Gasteiger charge is -2.21. The Morgan fingerprint density at radius 2 is 1.84 bits per heavy atom. The van der Waals surface area contributed by atoms with Crippen LogP contribution in [-0.2, 0) is 5.41 Å². The third-order valence-electron chi connectivity index (χ3n) is 3.46. The molecule has 0 aliphatic rings. The minimum Gasteiger partial charge on any atom is -0.303 e. The molecule has 0 fully saturated rings. The largest absolute Gasteiger partial charge is 0.303 e. The maximum atomic E-state index is 12.4. The number of hydrogen-bond acceptors (Lipinski definition) is 3. The monoisotopic (exact) mass is 281 g/mol. The molecule has 108 valence electrons. The Kier molecular flexibility index (Phi) is 5.75. The van der Waals surface area contributed by atoms with Gasteiger partial charge in [0.25, 0.3) is 0 Å². The van der Waals surface area contributed by atoms with E-state index in [9.17, 15) is 4.79 Å². The second-order valence-corrected chi connectivity index (χ2v) is 7.25. The lowest BCUT2D eigenvalue weighted by Crippen LogP contribution is -2.31. The third-order valence-corrected chi connectivity index (χ3v) is 4.99. The molecule has 1 heterocycles. The van der Waals surface area contributed by atoms with Gasteiger partial charge in [0, 0.05) is 17.3 Å². The molecule has 0 bridgehead atoms. The highest BCUT2D eigenvalue weighted by molar-refractivity contribution is 7.14. The molecular formula is C16H27NOS. The number of thiophene rings is 1. The molecule has 1 rings (SSSR count). The van der Waals surface area contributed by atoms with Gasteiger partial charge < -0.3 is 4.90 Å². The van der Waals surface area contributed by atoms with Crippen molar-refractivity contribution in [1.29, 1.82) is 0 Å². The van der Waals surface area contributed by atoms with E-state index in [2.05, 4.69) is 45.6 Å². The van der Waals surface area contributed by atoms with Gasteiger partial charge in [-0.1, -0.05) is 41.5 Å². The van der Waals surface area contributed by atoms with E-state index in [1.807, 2.05) is 13.0 Å². The van der Waals surface area contributed by atoms with Crippen molar-refractivity contribution in [1.82, 2.24) is 4.90 Å². The Hall–Kier alpha value is -0.670. The summed E-state index contributed by atoms with van der Waals surface area (Å²) in [5.41, 5.74) is 0.130. The van der Waals surface area contributed by atoms with Crippen molar-refractivity contribution >= 4 is 17.1 Å². The van der Waals surface area contributed by atoms with E-state index in [0.717, 1.165) is 24.5 Å². The predicted molar refractivity (Wildman–Crippen MR) is 84.3 cm³/mol. The molecule has 3 heteroatoms. The number of nitrogens with zero attached hydrogens (tertiary/aromatic N) is 1. The standard InChI is InChI=1S/C16H27NOS/c1-7-17(8-2)11-12(3)15(18)13-9-10-14(19-13)16(4,5)6/h9-10,12H,7-8,11H2,1-6H3. The fourth-order valence-electron chi connectivity index (χ4n) is 2.07. The van der Waals surface area contributed by atoms with Gasteiger partial charge in [0.05, 0.1) is 4.88 Å². The van der Waals surface area contributed by atoms with Crippen LogP contribution >= 0.6 is 11.3 Å². The molecule has 1 aromatic rings. The van der Waals surface area contributed by atoms with Crippen LogP contribution in [0.2, 0.25) is 0 Å². The van der Waals surface area contributed by atoms with Gasteiger partial charge in [-0.25, -0.2) is 0 Å². The highest BCUT2D eigenvalue weighted by atomic mass is 32.1. The van der Waals surface area contributed by atoms with Crippen molar-refractivity contribution in [2.45, 2.75) is 47.0 Å². The van der Waals surface area contributed by atoms with Crippen LogP contribution in [0.25, 0.3) is 0 Å². The van der Waals surface area contributed by atoms with Crippen molar-refractivity contribution in [3.8, 4) is 0 Å². The van der Waals surface area contributed by atoms with Gasteiger partial charge in [-0.15, -0.1) is 11.3 Å². The zero-order valence-corrected chi connectivity index (χ0v) is 13.9. The Bertz CT molecular complexity index is 413. The summed E-state index contributed by atoms with van der Waals surface area (Å²) in [7, 11) is 0. The quantitative estimate of drug-likeness (QED) is 0.728. The van der Waals surface area contributed by atoms with E-state index >= 15 is 0 Å². The molecule has 0 N–H and O–H groups in total. The number of carbonyl (C=O) groups excluding carboxylic acids is 1. The zero-order chi connectivity index (χ0) is 14.6. The van der Waals surface area contributed by atoms with Crippen molar-refractivity contribution in [2.75, 3.05) is 19.6 Å². The summed E-state index contributed by atoms with van der Waals surface area (Å²) in [5, 5.41) is 0. The van der Waals surface area contributed by atoms with Crippen molar-refractivity contribution in [3.63, 3.8) is 0 Å². The molecule has 0 spiro atoms. The van der Waals surface area contributed by atoms with Gasteiger partial charge in [0.15, 0.2) is 5.78 Å². The Balaban J connectivity index is 2.75. The second-order valence-electron chi connectivity index (χ2n) is 6.17. The highest BCUT2D eigenvalue weighted by Gasteiger charge is 2.22. The van der Waals surface area contributed by atoms with Crippen LogP contribution in [0.5, 0.6) is 0 Å². The van der Waals surface area contributed by atoms with Gasteiger partial charge in [-0.2, -0.15) is 0 Å². The summed E-state index contributed by atoms with van der Waals surface area (Å²) >= 11 is 1.65. The molecule has 19 heavy (non-hydrogen) atoms. The molecule has 1 aromatic heterocycles. The van der Waals surface area contributed by atoms with Crippen LogP contribution in [0.4, 0.5) is 0 Å². The first kappa shape index (κ1) is 16.4. The SMILES string of the molecule is CCN(CC)CC(C)C(=O)c1ccc(C(C)(C)C)s1. The Labute approximate surface area is 121 Å². The molecule has 0 radical (unpaired) electrons. The first-order valence-corrected chi connectivity index (χ1v) is 7.98. The van der Waals surface area contributed by atoms with Crippen LogP contribution < -0.4 is 0 Å². The lowest BCUT2D eigenvalue weighted by molar-refractivity contribution is 0.0902. The zero-order valence-electron chi connectivity index (χ0n) is 13.1. The third kappa shape index (κ3) is 4.43. The minimum atomic E-state index is 0.0753. The highest BCUT2D eigenvalue weighted by Crippen LogP contribution is 2.30. The number of Topliss-reactive ketones (excluding diaryl/α,β-unsaturated/α-hetero) is 1. The molecule has 0 aliphatic heterocycles. The van der Waals surface area contributed by atoms with Gasteiger partial charge in [0.1, 0.15) is 0 Å². The molecule has 2 nitrogen and oxygen atoms in total. The van der Waals surface area contributed by atoms with Gasteiger partial charge in [-0.3, -0.25) is 4.79 Å². The fraction of sp³-hybridized carbons (Fsp3) is 0.688. The summed E-state index contributed by atoms with van der Waals surface area (Å²) in [5.74, 6) is 0.360. The normalized spacial score (nSPS) is 13.8. The average Bonchev–Trinajstić information content (AvgIpc) is 2.83. The number of carbonyl (C=O) groups is 1. The summed E-state index contributed by atoms with van der Waals surface area (Å²) in [4.78, 5) is 16.9. The predicted octanol–water partition coefficient (Wildman–Crippen LogP) is 4.21. The Morgan fingerprint density at radius 3 is 2.26 bits per heavy atom. The number of ketones is 1. The summed E-state index contributed by atoms with van der Waals surface area (Å²) in [6, 6.07) is 4.09. The van der Waals surface area contributed by atoms with E-state index in [-0.39, 0.29) is 17.1 Å². The van der Waals surface area contributed by atoms with E-state index in [4.69, 9.17) is 0 Å². The maximum absolute atomic E-state index is 12.4. The van der Waals surface area contributed by atoms with Crippen LogP contribution in [-0.4, -0.2) is 30.3 Å². The minimum absolute atomic E-state index is 0.0753. The summed E-state index contributed by atoms with van der Waals surface area (Å²) in [6.45, 7) is 15.8. The van der Waals surface area contributed by atoms with Crippen molar-refractivity contribution in [2.24, 2.45) is 5.92 Å². The van der Waals surface area contributed by atoms with E-state index in [0.29, 0.717) is 0 Å². The number of hydrogen-bond donors (Lipinski definition) is 0. The first-order chi connectivity index (χ1) is 8.79. The maximum Gasteiger partial charge on any atom is 0.176 e. The summed E-state index contributed by atoms with van der Waals surface area (Å²) in [6.07, 6.45) is 0. The lowest BCUT2D eigenvalue weighted by atomic mass is 9.95. The average molecular weight is 281 g/mol. The topological polar surface area (TPSA) is 20.3 Å². The molecule has 0 aliphatic carbocycles. The van der Waals surface area contributed by atoms with Crippen LogP contribution in [0.15, 0.2) is 12.1 Å². The molecule has 0 saturated heterocycles. The molecule has 0 amide bonds. The molecule has 1 atom stereocenters. The Morgan fingerprint density at radius 1 is 1.26 bits per heavy atom. The van der Waals surface area contributed by atoms with Crippen molar-refractivity contribution < 1.29 is 4.79 Å². The molecular weight excluding hydrogens is 254 g/mol. The van der Waals surface area contributed by atoms with Crippen LogP contribution in [0.3, 0.4) is 0 Å². The molecule has 1 unspecified atom stereocenters. The fourth-order valence-corrected chi connectivity index (χ4v) is 3.19. The van der Waals surface area contributed by atoms with Gasteiger partial charge >= 0.3 is 0 Å². The van der Waals surface area contributed by atoms with Crippen LogP contribution in [0, 0.1) is 5.92 Å². The van der Waals surface area contributed by atoms with Crippen molar-refractivity contribution in [3.05, 3.63) is 21.9 Å². The second kappa shape index (κ2) is 6.67. The molecule has 0 aromatic carbocycles. The smallest absolute Gasteiger partial charge is 0.176 e. The number of rotatable bonds is 6. The molecule has 0 saturated carbocycles.